The number of nitrogens with one attached hydrogen (secondary N) is 1. The van der Waals surface area contributed by atoms with Crippen molar-refractivity contribution in [1.29, 1.82) is 0 Å². The van der Waals surface area contributed by atoms with E-state index in [1.54, 1.807) is 11.3 Å². The monoisotopic (exact) mass is 287 g/mol. The number of thiophene rings is 1. The highest BCUT2D eigenvalue weighted by Crippen LogP contribution is 2.35. The second kappa shape index (κ2) is 5.33. The molecule has 0 aliphatic heterocycles. The molecule has 3 aromatic rings. The number of fused-ring (bicyclic) bond motifs is 1. The van der Waals surface area contributed by atoms with E-state index in [1.807, 2.05) is 13.1 Å². The van der Waals surface area contributed by atoms with Gasteiger partial charge in [-0.1, -0.05) is 35.9 Å². The van der Waals surface area contributed by atoms with Crippen LogP contribution in [-0.2, 0) is 6.54 Å². The Morgan fingerprint density at radius 3 is 2.84 bits per heavy atom. The van der Waals surface area contributed by atoms with Crippen LogP contribution in [-0.4, -0.2) is 7.05 Å². The Morgan fingerprint density at radius 1 is 1.11 bits per heavy atom. The molecular formula is C16H14ClNS. The van der Waals surface area contributed by atoms with Gasteiger partial charge in [0.15, 0.2) is 0 Å². The van der Waals surface area contributed by atoms with Crippen LogP contribution in [0.5, 0.6) is 0 Å². The molecule has 0 aliphatic carbocycles. The second-order valence-corrected chi connectivity index (χ2v) is 5.83. The first-order valence-corrected chi connectivity index (χ1v) is 7.45. The van der Waals surface area contributed by atoms with Crippen molar-refractivity contribution in [2.75, 3.05) is 7.05 Å². The molecule has 0 amide bonds. The summed E-state index contributed by atoms with van der Waals surface area (Å²) >= 11 is 7.95. The third kappa shape index (κ3) is 2.39. The summed E-state index contributed by atoms with van der Waals surface area (Å²) in [6, 6.07) is 14.7. The first-order chi connectivity index (χ1) is 9.29. The molecular weight excluding hydrogens is 274 g/mol. The van der Waals surface area contributed by atoms with Crippen LogP contribution >= 0.6 is 22.9 Å². The molecule has 1 heterocycles. The van der Waals surface area contributed by atoms with Crippen LogP contribution in [0.3, 0.4) is 0 Å². The molecule has 2 aromatic carbocycles. The van der Waals surface area contributed by atoms with Crippen molar-refractivity contribution in [3.63, 3.8) is 0 Å². The number of halogens is 1. The van der Waals surface area contributed by atoms with Gasteiger partial charge >= 0.3 is 0 Å². The minimum Gasteiger partial charge on any atom is -0.316 e. The van der Waals surface area contributed by atoms with Crippen molar-refractivity contribution in [3.05, 3.63) is 58.4 Å². The Balaban J connectivity index is 2.25. The lowest BCUT2D eigenvalue weighted by atomic mass is 9.98. The van der Waals surface area contributed by atoms with Gasteiger partial charge in [-0.25, -0.2) is 0 Å². The lowest BCUT2D eigenvalue weighted by Crippen LogP contribution is -2.06. The maximum atomic E-state index is 6.17. The molecule has 1 nitrogen and oxygen atoms in total. The molecule has 19 heavy (non-hydrogen) atoms. The van der Waals surface area contributed by atoms with E-state index < -0.39 is 0 Å². The van der Waals surface area contributed by atoms with Gasteiger partial charge in [-0.15, -0.1) is 11.3 Å². The van der Waals surface area contributed by atoms with Crippen molar-refractivity contribution in [2.24, 2.45) is 0 Å². The van der Waals surface area contributed by atoms with Crippen LogP contribution < -0.4 is 5.32 Å². The SMILES string of the molecule is CNCc1ccc(Cl)cc1-c1cccc2ccsc12. The third-order valence-corrected chi connectivity index (χ3v) is 4.41. The molecule has 1 N–H and O–H groups in total. The van der Waals surface area contributed by atoms with E-state index in [4.69, 9.17) is 11.6 Å². The lowest BCUT2D eigenvalue weighted by Gasteiger charge is -2.11. The Bertz CT molecular complexity index is 718. The van der Waals surface area contributed by atoms with Gasteiger partial charge in [-0.3, -0.25) is 0 Å². The van der Waals surface area contributed by atoms with Crippen LogP contribution in [0.4, 0.5) is 0 Å². The van der Waals surface area contributed by atoms with Crippen molar-refractivity contribution < 1.29 is 0 Å². The van der Waals surface area contributed by atoms with Crippen molar-refractivity contribution in [1.82, 2.24) is 5.32 Å². The van der Waals surface area contributed by atoms with E-state index >= 15 is 0 Å². The number of benzene rings is 2. The highest BCUT2D eigenvalue weighted by molar-refractivity contribution is 7.17. The average Bonchev–Trinajstić information content (AvgIpc) is 2.89. The molecule has 0 saturated carbocycles. The quantitative estimate of drug-likeness (QED) is 0.719. The molecule has 0 saturated heterocycles. The fourth-order valence-corrected chi connectivity index (χ4v) is 3.45. The standard InChI is InChI=1S/C16H14ClNS/c1-18-10-12-5-6-13(17)9-15(12)14-4-2-3-11-7-8-19-16(11)14/h2-9,18H,10H2,1H3. The normalized spacial score (nSPS) is 11.1. The Morgan fingerprint density at radius 2 is 2.00 bits per heavy atom. The zero-order chi connectivity index (χ0) is 13.2. The fraction of sp³-hybridized carbons (Fsp3) is 0.125. The molecule has 0 radical (unpaired) electrons. The van der Waals surface area contributed by atoms with Gasteiger partial charge in [0.05, 0.1) is 0 Å². The van der Waals surface area contributed by atoms with Gasteiger partial charge in [0.2, 0.25) is 0 Å². The van der Waals surface area contributed by atoms with Crippen LogP contribution in [0, 0.1) is 0 Å². The summed E-state index contributed by atoms with van der Waals surface area (Å²) in [5.74, 6) is 0. The summed E-state index contributed by atoms with van der Waals surface area (Å²) < 4.78 is 1.32. The maximum Gasteiger partial charge on any atom is 0.0421 e. The van der Waals surface area contributed by atoms with E-state index in [0.29, 0.717) is 0 Å². The van der Waals surface area contributed by atoms with Gasteiger partial charge in [-0.05, 0) is 52.7 Å². The largest absolute Gasteiger partial charge is 0.316 e. The highest BCUT2D eigenvalue weighted by atomic mass is 35.5. The topological polar surface area (TPSA) is 12.0 Å². The fourth-order valence-electron chi connectivity index (χ4n) is 2.35. The molecule has 96 valence electrons. The van der Waals surface area contributed by atoms with E-state index in [-0.39, 0.29) is 0 Å². The molecule has 0 bridgehead atoms. The van der Waals surface area contributed by atoms with Crippen molar-refractivity contribution in [2.45, 2.75) is 6.54 Å². The zero-order valence-corrected chi connectivity index (χ0v) is 12.2. The van der Waals surface area contributed by atoms with Crippen molar-refractivity contribution in [3.8, 4) is 11.1 Å². The molecule has 1 aromatic heterocycles. The summed E-state index contributed by atoms with van der Waals surface area (Å²) in [7, 11) is 1.96. The Labute approximate surface area is 121 Å². The van der Waals surface area contributed by atoms with Crippen LogP contribution in [0.1, 0.15) is 5.56 Å². The Kier molecular flexibility index (Phi) is 3.56. The van der Waals surface area contributed by atoms with Gasteiger partial charge in [-0.2, -0.15) is 0 Å². The summed E-state index contributed by atoms with van der Waals surface area (Å²) in [4.78, 5) is 0. The molecule has 0 fully saturated rings. The minimum atomic E-state index is 0.781. The zero-order valence-electron chi connectivity index (χ0n) is 10.6. The van der Waals surface area contributed by atoms with Gasteiger partial charge in [0.25, 0.3) is 0 Å². The van der Waals surface area contributed by atoms with Gasteiger partial charge in [0.1, 0.15) is 0 Å². The number of hydrogen-bond donors (Lipinski definition) is 1. The van der Waals surface area contributed by atoms with E-state index in [9.17, 15) is 0 Å². The molecule has 0 aliphatic rings. The van der Waals surface area contributed by atoms with Crippen LogP contribution in [0.25, 0.3) is 21.2 Å². The summed E-state index contributed by atoms with van der Waals surface area (Å²) in [6.07, 6.45) is 0. The smallest absolute Gasteiger partial charge is 0.0421 e. The van der Waals surface area contributed by atoms with E-state index in [1.165, 1.54) is 26.8 Å². The predicted molar refractivity (Wildman–Crippen MR) is 85.0 cm³/mol. The first kappa shape index (κ1) is 12.7. The molecule has 0 unspecified atom stereocenters. The van der Waals surface area contributed by atoms with Crippen LogP contribution in [0.15, 0.2) is 47.8 Å². The molecule has 0 spiro atoms. The first-order valence-electron chi connectivity index (χ1n) is 6.19. The maximum absolute atomic E-state index is 6.17. The predicted octanol–water partition coefficient (Wildman–Crippen LogP) is 4.94. The molecule has 3 rings (SSSR count). The second-order valence-electron chi connectivity index (χ2n) is 4.48. The molecule has 3 heteroatoms. The summed E-state index contributed by atoms with van der Waals surface area (Å²) in [6.45, 7) is 0.842. The van der Waals surface area contributed by atoms with Crippen LogP contribution in [0.2, 0.25) is 5.02 Å². The van der Waals surface area contributed by atoms with Gasteiger partial charge in [0, 0.05) is 16.3 Å². The third-order valence-electron chi connectivity index (χ3n) is 3.21. The number of hydrogen-bond acceptors (Lipinski definition) is 2. The van der Waals surface area contributed by atoms with E-state index in [2.05, 4.69) is 47.1 Å². The van der Waals surface area contributed by atoms with Gasteiger partial charge < -0.3 is 5.32 Å². The van der Waals surface area contributed by atoms with Crippen molar-refractivity contribution >= 4 is 33.0 Å². The average molecular weight is 288 g/mol. The minimum absolute atomic E-state index is 0.781. The van der Waals surface area contributed by atoms with E-state index in [0.717, 1.165) is 11.6 Å². The lowest BCUT2D eigenvalue weighted by molar-refractivity contribution is 0.819. The highest BCUT2D eigenvalue weighted by Gasteiger charge is 2.09. The molecule has 0 atom stereocenters. The Hall–Kier alpha value is -1.35. The number of rotatable bonds is 3. The summed E-state index contributed by atoms with van der Waals surface area (Å²) in [5, 5.41) is 7.42. The summed E-state index contributed by atoms with van der Waals surface area (Å²) in [5.41, 5.74) is 3.75.